The summed E-state index contributed by atoms with van der Waals surface area (Å²) in [5.74, 6) is 2.78. The lowest BCUT2D eigenvalue weighted by molar-refractivity contribution is -0.120. The predicted octanol–water partition coefficient (Wildman–Crippen LogP) is 10.6. The Hall–Kier alpha value is -2.19. The Morgan fingerprint density at radius 3 is 2.27 bits per heavy atom. The zero-order valence-electron chi connectivity index (χ0n) is 33.1. The summed E-state index contributed by atoms with van der Waals surface area (Å²) in [7, 11) is 1.47. The quantitative estimate of drug-likeness (QED) is 0.0876. The molecule has 0 bridgehead atoms. The van der Waals surface area contributed by atoms with Gasteiger partial charge in [-0.25, -0.2) is 0 Å². The summed E-state index contributed by atoms with van der Waals surface area (Å²) in [5, 5.41) is 0.150. The van der Waals surface area contributed by atoms with E-state index in [2.05, 4.69) is 120 Å². The molecule has 0 saturated heterocycles. The van der Waals surface area contributed by atoms with Crippen molar-refractivity contribution in [2.45, 2.75) is 119 Å². The number of amides is 1. The highest BCUT2D eigenvalue weighted by Crippen LogP contribution is 2.42. The average molecular weight is 684 g/mol. The Morgan fingerprint density at radius 1 is 1.00 bits per heavy atom. The highest BCUT2D eigenvalue weighted by Gasteiger charge is 2.42. The van der Waals surface area contributed by atoms with Crippen molar-refractivity contribution >= 4 is 26.0 Å². The fourth-order valence-corrected chi connectivity index (χ4v) is 7.97. The number of methoxy groups -OCH3 is 1. The van der Waals surface area contributed by atoms with Crippen LogP contribution in [0.4, 0.5) is 5.69 Å². The first-order valence-electron chi connectivity index (χ1n) is 18.2. The largest absolute Gasteiger partial charge is 0.482 e. The molecule has 1 aliphatic rings. The molecule has 0 N–H and O–H groups in total. The minimum Gasteiger partial charge on any atom is -0.482 e. The molecule has 0 saturated carbocycles. The van der Waals surface area contributed by atoms with E-state index in [-0.39, 0.29) is 48.4 Å². The first-order valence-corrected chi connectivity index (χ1v) is 21.1. The molecule has 0 radical (unpaired) electrons. The maximum Gasteiger partial charge on any atom is 0.264 e. The number of hydrogen-bond acceptors (Lipinski definition) is 5. The van der Waals surface area contributed by atoms with Gasteiger partial charge < -0.3 is 23.5 Å². The minimum absolute atomic E-state index is 0.0455. The third-order valence-electron chi connectivity index (χ3n) is 10.9. The standard InChI is InChI=1S/C41H69NO5Si/c1-16-17-18-29(3)33(7)34(8)40(47-48(14,15)41(9,10)11)32(6)24-28(2)23-31(5)39(46-27-44-13)30(4)19-20-35-21-22-37-36(25-35)42(12)38(43)26-45-37/h17-23,25,29-34,39-40H,16,24,26-27H2,1-15H3/b18-17-,20-19-,28-23-/t29?,30?,31-,32-,33-,34+,39-,40+/m0/s1. The van der Waals surface area contributed by atoms with E-state index >= 15 is 0 Å². The van der Waals surface area contributed by atoms with Crippen molar-refractivity contribution in [2.75, 3.05) is 32.5 Å². The van der Waals surface area contributed by atoms with Crippen LogP contribution in [0, 0.1) is 35.5 Å². The van der Waals surface area contributed by atoms with Crippen LogP contribution in [-0.2, 0) is 18.7 Å². The number of nitrogens with zero attached hydrogens (tertiary/aromatic N) is 1. The summed E-state index contributed by atoms with van der Waals surface area (Å²) in [6.45, 7) is 30.5. The van der Waals surface area contributed by atoms with Crippen molar-refractivity contribution in [1.82, 2.24) is 0 Å². The summed E-state index contributed by atoms with van der Waals surface area (Å²) in [6.07, 6.45) is 13.5. The molecule has 1 aromatic rings. The molecule has 272 valence electrons. The monoisotopic (exact) mass is 683 g/mol. The molecule has 0 spiro atoms. The van der Waals surface area contributed by atoms with Gasteiger partial charge in [-0.3, -0.25) is 4.79 Å². The summed E-state index contributed by atoms with van der Waals surface area (Å²) in [5.41, 5.74) is 3.17. The van der Waals surface area contributed by atoms with Crippen molar-refractivity contribution < 1.29 is 23.4 Å². The number of fused-ring (bicyclic) bond motifs is 1. The van der Waals surface area contributed by atoms with E-state index in [9.17, 15) is 4.79 Å². The molecule has 7 heteroatoms. The molecular formula is C41H69NO5Si. The zero-order chi connectivity index (χ0) is 36.4. The second-order valence-corrected chi connectivity index (χ2v) is 20.8. The Bertz CT molecular complexity index is 1250. The average Bonchev–Trinajstić information content (AvgIpc) is 3.02. The molecule has 1 aromatic carbocycles. The third kappa shape index (κ3) is 11.7. The van der Waals surface area contributed by atoms with E-state index in [4.69, 9.17) is 18.6 Å². The molecule has 8 atom stereocenters. The number of anilines is 1. The molecule has 0 aliphatic carbocycles. The fourth-order valence-electron chi connectivity index (χ4n) is 6.49. The van der Waals surface area contributed by atoms with Crippen LogP contribution >= 0.6 is 0 Å². The molecule has 0 fully saturated rings. The molecule has 48 heavy (non-hydrogen) atoms. The summed E-state index contributed by atoms with van der Waals surface area (Å²) < 4.78 is 24.5. The predicted molar refractivity (Wildman–Crippen MR) is 206 cm³/mol. The number of hydrogen-bond donors (Lipinski definition) is 0. The smallest absolute Gasteiger partial charge is 0.264 e. The number of carbonyl (C=O) groups is 1. The highest BCUT2D eigenvalue weighted by molar-refractivity contribution is 6.74. The second-order valence-electron chi connectivity index (χ2n) is 16.0. The summed E-state index contributed by atoms with van der Waals surface area (Å²) >= 11 is 0. The van der Waals surface area contributed by atoms with Crippen molar-refractivity contribution in [2.24, 2.45) is 35.5 Å². The first kappa shape index (κ1) is 42.0. The molecule has 2 unspecified atom stereocenters. The molecule has 2 rings (SSSR count). The van der Waals surface area contributed by atoms with Crippen LogP contribution in [0.15, 0.2) is 48.1 Å². The van der Waals surface area contributed by atoms with Crippen LogP contribution < -0.4 is 9.64 Å². The van der Waals surface area contributed by atoms with Crippen LogP contribution in [0.25, 0.3) is 6.08 Å². The zero-order valence-corrected chi connectivity index (χ0v) is 34.1. The lowest BCUT2D eigenvalue weighted by Gasteiger charge is -2.44. The Balaban J connectivity index is 2.28. The van der Waals surface area contributed by atoms with Crippen LogP contribution in [0.1, 0.15) is 94.6 Å². The van der Waals surface area contributed by atoms with Gasteiger partial charge in [-0.15, -0.1) is 0 Å². The van der Waals surface area contributed by atoms with E-state index in [1.54, 1.807) is 19.1 Å². The Labute approximate surface area is 295 Å². The maximum absolute atomic E-state index is 12.2. The number of rotatable bonds is 18. The lowest BCUT2D eigenvalue weighted by atomic mass is 9.77. The van der Waals surface area contributed by atoms with E-state index in [1.165, 1.54) is 5.57 Å². The van der Waals surface area contributed by atoms with Crippen LogP contribution in [-0.4, -0.2) is 54.0 Å². The van der Waals surface area contributed by atoms with Crippen LogP contribution in [0.5, 0.6) is 5.75 Å². The van der Waals surface area contributed by atoms with E-state index < -0.39 is 8.32 Å². The van der Waals surface area contributed by atoms with Gasteiger partial charge in [-0.05, 0) is 79.3 Å². The van der Waals surface area contributed by atoms with Gasteiger partial charge in [0.25, 0.3) is 5.91 Å². The number of carbonyl (C=O) groups excluding carboxylic acids is 1. The molecular weight excluding hydrogens is 615 g/mol. The highest BCUT2D eigenvalue weighted by atomic mass is 28.4. The molecule has 1 aliphatic heterocycles. The van der Waals surface area contributed by atoms with Crippen molar-refractivity contribution in [3.63, 3.8) is 0 Å². The number of ether oxygens (including phenoxy) is 3. The molecule has 1 heterocycles. The van der Waals surface area contributed by atoms with Crippen LogP contribution in [0.3, 0.4) is 0 Å². The third-order valence-corrected chi connectivity index (χ3v) is 15.4. The normalized spacial score (nSPS) is 19.9. The number of likely N-dealkylation sites (N-methyl/N-ethyl adjacent to an activating group) is 1. The van der Waals surface area contributed by atoms with Crippen molar-refractivity contribution in [1.29, 1.82) is 0 Å². The van der Waals surface area contributed by atoms with E-state index in [1.807, 2.05) is 18.2 Å². The fraction of sp³-hybridized carbons (Fsp3) is 0.683. The van der Waals surface area contributed by atoms with Gasteiger partial charge in [-0.2, -0.15) is 0 Å². The second kappa shape index (κ2) is 18.7. The van der Waals surface area contributed by atoms with Gasteiger partial charge in [-0.1, -0.05) is 111 Å². The number of allylic oxidation sites excluding steroid dienone is 3. The minimum atomic E-state index is -1.99. The van der Waals surface area contributed by atoms with Crippen molar-refractivity contribution in [3.05, 3.63) is 53.6 Å². The van der Waals surface area contributed by atoms with Gasteiger partial charge in [0, 0.05) is 26.0 Å². The number of benzene rings is 1. The Kier molecular flexibility index (Phi) is 16.4. The summed E-state index contributed by atoms with van der Waals surface area (Å²) in [6, 6.07) is 5.96. The molecule has 6 nitrogen and oxygen atoms in total. The topological polar surface area (TPSA) is 57.2 Å². The molecule has 1 amide bonds. The van der Waals surface area contributed by atoms with Crippen LogP contribution in [0.2, 0.25) is 18.1 Å². The van der Waals surface area contributed by atoms with Gasteiger partial charge in [0.05, 0.1) is 17.9 Å². The lowest BCUT2D eigenvalue weighted by Crippen LogP contribution is -2.48. The summed E-state index contributed by atoms with van der Waals surface area (Å²) in [4.78, 5) is 13.8. The molecule has 0 aromatic heterocycles. The van der Waals surface area contributed by atoms with Gasteiger partial charge in [0.2, 0.25) is 0 Å². The Morgan fingerprint density at radius 2 is 1.67 bits per heavy atom. The van der Waals surface area contributed by atoms with E-state index in [0.29, 0.717) is 23.7 Å². The van der Waals surface area contributed by atoms with Gasteiger partial charge in [0.1, 0.15) is 12.5 Å². The van der Waals surface area contributed by atoms with Gasteiger partial charge in [0.15, 0.2) is 14.9 Å². The first-order chi connectivity index (χ1) is 22.3. The van der Waals surface area contributed by atoms with Gasteiger partial charge >= 0.3 is 0 Å². The van der Waals surface area contributed by atoms with E-state index in [0.717, 1.165) is 29.8 Å². The SMILES string of the molecule is CC/C=C\C(C)[C@H](C)[C@@H](C)[C@H](O[Si](C)(C)C(C)(C)C)[C@@H](C)C/C(C)=C\[C@H](C)[C@@H](OCOC)C(C)/C=C\c1ccc2c(c1)N(C)C(=O)CO2. The maximum atomic E-state index is 12.2. The van der Waals surface area contributed by atoms with Crippen molar-refractivity contribution in [3.8, 4) is 5.75 Å².